The van der Waals surface area contributed by atoms with Crippen LogP contribution in [0.5, 0.6) is 11.5 Å². The Kier molecular flexibility index (Phi) is 20.2. The Morgan fingerprint density at radius 2 is 1.62 bits per heavy atom. The van der Waals surface area contributed by atoms with Crippen molar-refractivity contribution in [3.63, 3.8) is 0 Å². The summed E-state index contributed by atoms with van der Waals surface area (Å²) >= 11 is 2.62. The number of likely N-dealkylation sites (tertiary alicyclic amines) is 1. The number of fused-ring (bicyclic) bond motifs is 2. The number of carboxylic acid groups (broad SMARTS) is 2. The highest BCUT2D eigenvalue weighted by molar-refractivity contribution is 8.00. The number of aromatic carboxylic acids is 1. The largest absolute Gasteiger partial charge is 0.491 e. The number of aromatic nitrogens is 4. The Hall–Kier alpha value is -8.36. The number of pyridine rings is 1. The molecule has 2 saturated heterocycles. The molecule has 3 aromatic carbocycles. The Morgan fingerprint density at radius 3 is 2.37 bits per heavy atom. The number of anilines is 2. The van der Waals surface area contributed by atoms with E-state index in [1.165, 1.54) is 53.4 Å². The summed E-state index contributed by atoms with van der Waals surface area (Å²) in [6, 6.07) is 18.1. The van der Waals surface area contributed by atoms with Gasteiger partial charge in [0.25, 0.3) is 5.91 Å². The number of ether oxygens (including phenoxy) is 6. The monoisotopic (exact) mass is 1390 g/mol. The van der Waals surface area contributed by atoms with Crippen LogP contribution >= 0.6 is 23.1 Å². The van der Waals surface area contributed by atoms with E-state index in [4.69, 9.17) is 38.5 Å². The predicted molar refractivity (Wildman–Crippen MR) is 353 cm³/mol. The number of carboxylic acids is 2. The standard InChI is InChI=1S/C68H78FN9O18S2/c1-37-43(41-12-14-50(74-53(41)60(86)87)76-19-15-40-44(28-76)42(11-13-45(40)69)58(84)75-63-73-46-7-5-6-8-48(46)98-63)27-72-78(37)36-67-31-65(2)30-66(3,32-67)34-68(33-65,35-67)94-22-18-71-64(90)93-29-38-9-10-39(95-62-56(83)54(81)55(82)57(96-62)61(88)89)25-47(38)92-24-23-91-21-17-70-51(79)16-20-77-52(80)26-49(97-4)59(77)85/h5-14,25,27,49,54-57,62,81-83H,15-24,26,28-36H2,1-4H3,(H,70,79)(H,71,90)(H,86,87)(H,88,89)(H,73,75,84)/t49?,54-,55-,56+,57-,62+,65?,66?,67?,68?/m0/s1. The Balaban J connectivity index is 0.656. The maximum atomic E-state index is 15.4. The first-order chi connectivity index (χ1) is 46.8. The molecule has 30 heteroatoms. The second kappa shape index (κ2) is 28.5. The lowest BCUT2D eigenvalue weighted by molar-refractivity contribution is -0.271. The van der Waals surface area contributed by atoms with Crippen molar-refractivity contribution in [3.05, 3.63) is 112 Å². The van der Waals surface area contributed by atoms with Gasteiger partial charge in [-0.3, -0.25) is 34.1 Å². The number of para-hydroxylation sites is 1. The second-order valence-electron chi connectivity index (χ2n) is 27.0. The predicted octanol–water partition coefficient (Wildman–Crippen LogP) is 6.24. The lowest BCUT2D eigenvalue weighted by atomic mass is 9.39. The number of amides is 5. The van der Waals surface area contributed by atoms with Gasteiger partial charge in [0.15, 0.2) is 16.9 Å². The number of benzene rings is 3. The van der Waals surface area contributed by atoms with Crippen molar-refractivity contribution in [2.24, 2.45) is 16.2 Å². The maximum absolute atomic E-state index is 15.4. The molecule has 0 radical (unpaired) electrons. The summed E-state index contributed by atoms with van der Waals surface area (Å²) in [5.74, 6) is -4.20. The minimum atomic E-state index is -1.94. The number of aliphatic hydroxyl groups is 3. The fraction of sp³-hybridized carbons (Fsp3) is 0.500. The zero-order valence-corrected chi connectivity index (χ0v) is 56.1. The molecule has 98 heavy (non-hydrogen) atoms. The number of nitrogens with one attached hydrogen (secondary N) is 3. The molecule has 3 aliphatic heterocycles. The van der Waals surface area contributed by atoms with Gasteiger partial charge in [0, 0.05) is 86.1 Å². The third-order valence-corrected chi connectivity index (χ3v) is 21.3. The highest BCUT2D eigenvalue weighted by Gasteiger charge is 2.66. The lowest BCUT2D eigenvalue weighted by Crippen LogP contribution is -2.64. The first-order valence-corrected chi connectivity index (χ1v) is 34.5. The van der Waals surface area contributed by atoms with Crippen LogP contribution in [0.3, 0.4) is 0 Å². The normalized spacial score (nSPS) is 26.3. The molecule has 6 fully saturated rings. The van der Waals surface area contributed by atoms with Crippen LogP contribution in [0.25, 0.3) is 21.3 Å². The summed E-state index contributed by atoms with van der Waals surface area (Å²) in [4.78, 5) is 101. The number of rotatable bonds is 27. The summed E-state index contributed by atoms with van der Waals surface area (Å²) < 4.78 is 53.6. The minimum absolute atomic E-state index is 0.00977. The van der Waals surface area contributed by atoms with Crippen LogP contribution in [0.1, 0.15) is 108 Å². The number of aliphatic hydroxyl groups excluding tert-OH is 3. The van der Waals surface area contributed by atoms with Crippen molar-refractivity contribution < 1.29 is 91.9 Å². The number of carbonyl (C=O) groups excluding carboxylic acids is 5. The van der Waals surface area contributed by atoms with Gasteiger partial charge in [0.2, 0.25) is 24.0 Å². The lowest BCUT2D eigenvalue weighted by Gasteiger charge is -2.69. The van der Waals surface area contributed by atoms with E-state index < -0.39 is 71.3 Å². The molecule has 4 bridgehead atoms. The topological polar surface area (TPSA) is 362 Å². The zero-order valence-electron chi connectivity index (χ0n) is 54.5. The Labute approximate surface area is 570 Å². The van der Waals surface area contributed by atoms with E-state index in [9.17, 15) is 59.1 Å². The molecular weight excluding hydrogens is 1310 g/mol. The van der Waals surface area contributed by atoms with Gasteiger partial charge >= 0.3 is 18.0 Å². The van der Waals surface area contributed by atoms with Crippen LogP contribution in [0.2, 0.25) is 0 Å². The fourth-order valence-electron chi connectivity index (χ4n) is 16.2. The first kappa shape index (κ1) is 69.5. The van der Waals surface area contributed by atoms with Crippen LogP contribution < -0.4 is 30.3 Å². The molecule has 8 atom stereocenters. The molecule has 4 saturated carbocycles. The van der Waals surface area contributed by atoms with Crippen LogP contribution in [-0.4, -0.2) is 192 Å². The SMILES string of the molecule is CSC1CC(=O)N(CCC(=O)NCCOCCOc2cc(O[C@@H]3O[C@H](C(=O)O)[C@@H](O)[C@H](O)[C@H]3O)ccc2COC(=O)NCCOC23CC4(C)CC(C)(CC(Cn5ncc(-c6ccc(N7CCc8c(F)ccc(C(=O)Nc9nc%10ccccc%10s9)c8C7)nc6C(=O)O)c5C)(C4)C2)C3)C1=O. The van der Waals surface area contributed by atoms with Crippen molar-refractivity contribution in [2.45, 2.75) is 140 Å². The average molecular weight is 1390 g/mol. The molecule has 27 nitrogen and oxygen atoms in total. The zero-order chi connectivity index (χ0) is 69.4. The number of carbonyl (C=O) groups is 7. The minimum Gasteiger partial charge on any atom is -0.491 e. The summed E-state index contributed by atoms with van der Waals surface area (Å²) in [6.07, 6.45) is -1.11. The van der Waals surface area contributed by atoms with E-state index in [-0.39, 0.29) is 135 Å². The van der Waals surface area contributed by atoms with Crippen LogP contribution in [0, 0.1) is 29.0 Å². The number of thiazole rings is 1. The molecule has 0 spiro atoms. The maximum Gasteiger partial charge on any atom is 0.407 e. The van der Waals surface area contributed by atoms with Gasteiger partial charge in [-0.25, -0.2) is 28.7 Å². The Morgan fingerprint density at radius 1 is 0.847 bits per heavy atom. The third kappa shape index (κ3) is 14.8. The number of aliphatic carboxylic acids is 1. The van der Waals surface area contributed by atoms with E-state index in [0.717, 1.165) is 59.3 Å². The first-order valence-electron chi connectivity index (χ1n) is 32.4. The van der Waals surface area contributed by atoms with E-state index in [1.54, 1.807) is 24.6 Å². The van der Waals surface area contributed by atoms with Crippen molar-refractivity contribution in [3.8, 4) is 22.6 Å². The average Bonchev–Trinajstić information content (AvgIpc) is 0.857. The molecule has 4 aliphatic carbocycles. The molecule has 6 aromatic rings. The fourth-order valence-corrected chi connectivity index (χ4v) is 17.7. The number of hydrogen-bond donors (Lipinski definition) is 8. The molecule has 5 amide bonds. The highest BCUT2D eigenvalue weighted by atomic mass is 32.2. The number of alkyl carbamates (subject to hydrolysis) is 1. The molecule has 3 unspecified atom stereocenters. The van der Waals surface area contributed by atoms with Crippen molar-refractivity contribution in [2.75, 3.05) is 69.1 Å². The van der Waals surface area contributed by atoms with E-state index in [2.05, 4.69) is 34.8 Å². The number of nitrogens with zero attached hydrogens (tertiary/aromatic N) is 6. The van der Waals surface area contributed by atoms with Gasteiger partial charge in [-0.15, -0.1) is 0 Å². The van der Waals surface area contributed by atoms with Gasteiger partial charge < -0.3 is 69.5 Å². The summed E-state index contributed by atoms with van der Waals surface area (Å²) in [5, 5.41) is 64.8. The van der Waals surface area contributed by atoms with Gasteiger partial charge in [-0.2, -0.15) is 16.9 Å². The molecule has 13 rings (SSSR count). The summed E-state index contributed by atoms with van der Waals surface area (Å²) in [7, 11) is 0. The van der Waals surface area contributed by atoms with Gasteiger partial charge in [-0.05, 0) is 134 Å². The Bertz CT molecular complexity index is 4030. The number of thioether (sulfide) groups is 1. The molecule has 7 aliphatic rings. The van der Waals surface area contributed by atoms with E-state index >= 15 is 4.39 Å². The number of halogens is 1. The molecular formula is C68H78FN9O18S2. The smallest absolute Gasteiger partial charge is 0.407 e. The number of imide groups is 1. The van der Waals surface area contributed by atoms with Crippen molar-refractivity contribution in [1.29, 1.82) is 0 Å². The van der Waals surface area contributed by atoms with Gasteiger partial charge in [0.05, 0.1) is 47.1 Å². The van der Waals surface area contributed by atoms with Gasteiger partial charge in [0.1, 0.15) is 54.7 Å². The van der Waals surface area contributed by atoms with E-state index in [0.29, 0.717) is 51.9 Å². The molecule has 522 valence electrons. The van der Waals surface area contributed by atoms with Crippen LogP contribution in [0.4, 0.5) is 20.1 Å². The molecule has 3 aromatic heterocycles. The summed E-state index contributed by atoms with van der Waals surface area (Å²) in [5.41, 5.74) is 3.04. The molecule has 8 N–H and O–H groups in total. The van der Waals surface area contributed by atoms with Crippen molar-refractivity contribution in [1.82, 2.24) is 35.3 Å². The second-order valence-corrected chi connectivity index (χ2v) is 29.1. The third-order valence-electron chi connectivity index (χ3n) is 19.4. The number of hydrogen-bond acceptors (Lipinski definition) is 22. The quantitative estimate of drug-likeness (QED) is 0.0209. The van der Waals surface area contributed by atoms with Crippen LogP contribution in [-0.2, 0) is 64.2 Å². The highest BCUT2D eigenvalue weighted by Crippen LogP contribution is 2.72. The van der Waals surface area contributed by atoms with E-state index in [1.807, 2.05) is 40.8 Å². The summed E-state index contributed by atoms with van der Waals surface area (Å²) in [6.45, 7) is 7.67. The van der Waals surface area contributed by atoms with Crippen molar-refractivity contribution >= 4 is 85.9 Å². The van der Waals surface area contributed by atoms with Crippen LogP contribution in [0.15, 0.2) is 72.9 Å². The molecule has 6 heterocycles. The van der Waals surface area contributed by atoms with Gasteiger partial charge in [-0.1, -0.05) is 37.3 Å².